The highest BCUT2D eigenvalue weighted by Gasteiger charge is 2.63. The molecule has 0 spiro atoms. The molecule has 194 valence electrons. The second kappa shape index (κ2) is 9.32. The molecular weight excluding hydrogens is 470 g/mol. The van der Waals surface area contributed by atoms with Gasteiger partial charge in [0.1, 0.15) is 22.8 Å². The number of aromatic hydroxyl groups is 1. The predicted octanol–water partition coefficient (Wildman–Crippen LogP) is -0.143. The first-order valence-electron chi connectivity index (χ1n) is 11.6. The van der Waals surface area contributed by atoms with Crippen LogP contribution in [-0.2, 0) is 27.3 Å². The van der Waals surface area contributed by atoms with E-state index >= 15 is 0 Å². The molecule has 1 aromatic carbocycles. The summed E-state index contributed by atoms with van der Waals surface area (Å²) in [7, 11) is 4.77. The SMILES string of the molecule is COCCNCc1ccc(O)c2c1C[C@H]1C[C@H]3[C@H](N(C)C)C(O)=C(C(N)=O)C(=O)[C@@]3(O)C(O)=C1C2=O. The third-order valence-electron chi connectivity index (χ3n) is 7.50. The van der Waals surface area contributed by atoms with Crippen molar-refractivity contribution in [2.75, 3.05) is 34.4 Å². The van der Waals surface area contributed by atoms with E-state index in [0.29, 0.717) is 25.3 Å². The van der Waals surface area contributed by atoms with Gasteiger partial charge in [0, 0.05) is 31.7 Å². The Labute approximate surface area is 207 Å². The van der Waals surface area contributed by atoms with Crippen molar-refractivity contribution in [1.82, 2.24) is 10.2 Å². The number of nitrogens with zero attached hydrogens (tertiary/aromatic N) is 1. The van der Waals surface area contributed by atoms with E-state index in [1.54, 1.807) is 27.3 Å². The number of aliphatic hydroxyl groups excluding tert-OH is 2. The molecule has 4 rings (SSSR count). The molecule has 0 saturated heterocycles. The highest BCUT2D eigenvalue weighted by molar-refractivity contribution is 6.24. The van der Waals surface area contributed by atoms with Gasteiger partial charge in [-0.05, 0) is 50.0 Å². The molecule has 3 aliphatic carbocycles. The summed E-state index contributed by atoms with van der Waals surface area (Å²) in [6.07, 6.45) is 0.308. The first-order chi connectivity index (χ1) is 17.0. The number of allylic oxidation sites excluding steroid dienone is 1. The quantitative estimate of drug-likeness (QED) is 0.217. The largest absolute Gasteiger partial charge is 0.510 e. The minimum atomic E-state index is -2.64. The van der Waals surface area contributed by atoms with Gasteiger partial charge < -0.3 is 36.2 Å². The van der Waals surface area contributed by atoms with Gasteiger partial charge in [-0.2, -0.15) is 0 Å². The van der Waals surface area contributed by atoms with Crippen LogP contribution in [-0.4, -0.2) is 88.8 Å². The Balaban J connectivity index is 1.85. The molecule has 7 N–H and O–H groups in total. The number of amides is 1. The van der Waals surface area contributed by atoms with Crippen LogP contribution in [0.1, 0.15) is 27.9 Å². The number of likely N-dealkylation sites (N-methyl/N-ethyl adjacent to an activating group) is 1. The lowest BCUT2D eigenvalue weighted by Crippen LogP contribution is -2.63. The molecule has 0 fully saturated rings. The Morgan fingerprint density at radius 1 is 1.25 bits per heavy atom. The lowest BCUT2D eigenvalue weighted by atomic mass is 9.58. The number of carbonyl (C=O) groups is 3. The van der Waals surface area contributed by atoms with Crippen LogP contribution in [0.25, 0.3) is 0 Å². The number of nitrogens with two attached hydrogens (primary N) is 1. The molecule has 0 bridgehead atoms. The van der Waals surface area contributed by atoms with E-state index in [-0.39, 0.29) is 29.7 Å². The highest BCUT2D eigenvalue weighted by Crippen LogP contribution is 2.52. The zero-order chi connectivity index (χ0) is 26.5. The number of primary amides is 1. The molecular formula is C25H31N3O8. The third kappa shape index (κ3) is 3.70. The van der Waals surface area contributed by atoms with E-state index in [2.05, 4.69) is 5.32 Å². The second-order valence-corrected chi connectivity index (χ2v) is 9.73. The lowest BCUT2D eigenvalue weighted by Gasteiger charge is -2.50. The fourth-order valence-corrected chi connectivity index (χ4v) is 5.88. The van der Waals surface area contributed by atoms with Crippen molar-refractivity contribution in [2.45, 2.75) is 31.0 Å². The summed E-state index contributed by atoms with van der Waals surface area (Å²) < 4.78 is 5.04. The number of hydrogen-bond acceptors (Lipinski definition) is 10. The summed E-state index contributed by atoms with van der Waals surface area (Å²) in [5.41, 5.74) is 3.10. The van der Waals surface area contributed by atoms with Crippen LogP contribution in [0.4, 0.5) is 0 Å². The second-order valence-electron chi connectivity index (χ2n) is 9.73. The molecule has 11 nitrogen and oxygen atoms in total. The molecule has 0 aromatic heterocycles. The van der Waals surface area contributed by atoms with Crippen LogP contribution in [0.2, 0.25) is 0 Å². The summed E-state index contributed by atoms with van der Waals surface area (Å²) >= 11 is 0. The topological polar surface area (TPSA) is 183 Å². The summed E-state index contributed by atoms with van der Waals surface area (Å²) in [5, 5.41) is 47.4. The molecule has 0 saturated carbocycles. The number of ketones is 2. The van der Waals surface area contributed by atoms with Crippen LogP contribution >= 0.6 is 0 Å². The Hall–Kier alpha value is -3.25. The van der Waals surface area contributed by atoms with Gasteiger partial charge in [0.2, 0.25) is 5.78 Å². The van der Waals surface area contributed by atoms with E-state index in [1.807, 2.05) is 0 Å². The van der Waals surface area contributed by atoms with E-state index in [0.717, 1.165) is 5.56 Å². The molecule has 3 aliphatic rings. The summed E-state index contributed by atoms with van der Waals surface area (Å²) in [6.45, 7) is 1.48. The van der Waals surface area contributed by atoms with Gasteiger partial charge >= 0.3 is 0 Å². The van der Waals surface area contributed by atoms with Gasteiger partial charge in [0.25, 0.3) is 5.91 Å². The first kappa shape index (κ1) is 25.8. The lowest BCUT2D eigenvalue weighted by molar-refractivity contribution is -0.148. The number of benzene rings is 1. The van der Waals surface area contributed by atoms with E-state index < -0.39 is 58.0 Å². The van der Waals surface area contributed by atoms with Crippen LogP contribution < -0.4 is 11.1 Å². The van der Waals surface area contributed by atoms with Crippen molar-refractivity contribution in [3.05, 3.63) is 51.5 Å². The maximum Gasteiger partial charge on any atom is 0.255 e. The van der Waals surface area contributed by atoms with Gasteiger partial charge in [-0.25, -0.2) is 0 Å². The molecule has 4 atom stereocenters. The number of phenols is 1. The molecule has 0 unspecified atom stereocenters. The third-order valence-corrected chi connectivity index (χ3v) is 7.50. The monoisotopic (exact) mass is 501 g/mol. The zero-order valence-electron chi connectivity index (χ0n) is 20.4. The predicted molar refractivity (Wildman–Crippen MR) is 127 cm³/mol. The number of fused-ring (bicyclic) bond motifs is 3. The number of ether oxygens (including phenoxy) is 1. The number of phenolic OH excluding ortho intramolecular Hbond substituents is 1. The van der Waals surface area contributed by atoms with Crippen LogP contribution in [0, 0.1) is 11.8 Å². The Morgan fingerprint density at radius 2 is 1.94 bits per heavy atom. The average molecular weight is 502 g/mol. The number of methoxy groups -OCH3 is 1. The van der Waals surface area contributed by atoms with Crippen molar-refractivity contribution >= 4 is 17.5 Å². The average Bonchev–Trinajstić information content (AvgIpc) is 2.80. The van der Waals surface area contributed by atoms with Gasteiger partial charge in [-0.15, -0.1) is 0 Å². The molecule has 0 heterocycles. The van der Waals surface area contributed by atoms with Crippen LogP contribution in [0.3, 0.4) is 0 Å². The Bertz CT molecular complexity index is 1200. The maximum atomic E-state index is 13.6. The standard InChI is InChI=1S/C25H31N3O8/c1-28(2)19-14-9-12-8-13-11(10-27-6-7-36-3)4-5-15(29)17(13)20(30)16(12)22(32)25(14,35)23(33)18(21(19)31)24(26)34/h4-5,12,14,19,27,29,31-32,35H,6-10H2,1-3H3,(H2,26,34)/t12-,14-,19-,25-/m0/s1. The van der Waals surface area contributed by atoms with Gasteiger partial charge in [-0.3, -0.25) is 19.3 Å². The van der Waals surface area contributed by atoms with E-state index in [9.17, 15) is 34.8 Å². The molecule has 1 amide bonds. The summed E-state index contributed by atoms with van der Waals surface area (Å²) in [6, 6.07) is 2.09. The van der Waals surface area contributed by atoms with Crippen molar-refractivity contribution in [3.8, 4) is 5.75 Å². The smallest absolute Gasteiger partial charge is 0.255 e. The van der Waals surface area contributed by atoms with Crippen molar-refractivity contribution in [2.24, 2.45) is 17.6 Å². The molecule has 36 heavy (non-hydrogen) atoms. The molecule has 0 aliphatic heterocycles. The fourth-order valence-electron chi connectivity index (χ4n) is 5.88. The van der Waals surface area contributed by atoms with Gasteiger partial charge in [0.05, 0.1) is 18.2 Å². The van der Waals surface area contributed by atoms with Gasteiger partial charge in [-0.1, -0.05) is 6.07 Å². The summed E-state index contributed by atoms with van der Waals surface area (Å²) in [4.78, 5) is 40.4. The Morgan fingerprint density at radius 3 is 2.56 bits per heavy atom. The van der Waals surface area contributed by atoms with Crippen molar-refractivity contribution in [1.29, 1.82) is 0 Å². The molecule has 1 aromatic rings. The van der Waals surface area contributed by atoms with E-state index in [4.69, 9.17) is 10.5 Å². The molecule has 11 heteroatoms. The van der Waals surface area contributed by atoms with Gasteiger partial charge in [0.15, 0.2) is 11.4 Å². The van der Waals surface area contributed by atoms with Crippen LogP contribution in [0.5, 0.6) is 5.75 Å². The van der Waals surface area contributed by atoms with Crippen molar-refractivity contribution < 1.29 is 39.5 Å². The van der Waals surface area contributed by atoms with Crippen LogP contribution in [0.15, 0.2) is 34.8 Å². The highest BCUT2D eigenvalue weighted by atomic mass is 16.5. The summed E-state index contributed by atoms with van der Waals surface area (Å²) in [5.74, 6) is -6.59. The first-order valence-corrected chi connectivity index (χ1v) is 11.6. The number of aliphatic hydroxyl groups is 3. The fraction of sp³-hybridized carbons (Fsp3) is 0.480. The maximum absolute atomic E-state index is 13.6. The van der Waals surface area contributed by atoms with Crippen molar-refractivity contribution in [3.63, 3.8) is 0 Å². The minimum absolute atomic E-state index is 0.00169. The Kier molecular flexibility index (Phi) is 6.69. The number of Topliss-reactive ketones (excluding diaryl/α,β-unsaturated/α-hetero) is 2. The number of nitrogens with one attached hydrogen (secondary N) is 1. The van der Waals surface area contributed by atoms with E-state index in [1.165, 1.54) is 11.0 Å². The number of hydrogen-bond donors (Lipinski definition) is 6. The normalized spacial score (nSPS) is 27.8. The zero-order valence-corrected chi connectivity index (χ0v) is 20.4. The minimum Gasteiger partial charge on any atom is -0.510 e. The number of carbonyl (C=O) groups excluding carboxylic acids is 3. The number of rotatable bonds is 7. The molecule has 0 radical (unpaired) electrons.